The minimum Gasteiger partial charge on any atom is -0.360 e. The topological polar surface area (TPSA) is 71.3 Å². The summed E-state index contributed by atoms with van der Waals surface area (Å²) in [6, 6.07) is 3.87. The summed E-state index contributed by atoms with van der Waals surface area (Å²) in [7, 11) is 0. The number of aromatic nitrogens is 1. The lowest BCUT2D eigenvalue weighted by Crippen LogP contribution is -2.38. The summed E-state index contributed by atoms with van der Waals surface area (Å²) in [5, 5.41) is 14.3. The molecule has 1 fully saturated rings. The second kappa shape index (κ2) is 5.77. The third-order valence-corrected chi connectivity index (χ3v) is 3.19. The maximum atomic E-state index is 11.0. The van der Waals surface area contributed by atoms with Crippen molar-refractivity contribution in [1.29, 1.82) is 0 Å². The van der Waals surface area contributed by atoms with E-state index in [1.54, 1.807) is 12.1 Å². The zero-order valence-electron chi connectivity index (χ0n) is 10.5. The van der Waals surface area contributed by atoms with Crippen LogP contribution in [0.1, 0.15) is 19.8 Å². The van der Waals surface area contributed by atoms with Crippen molar-refractivity contribution < 1.29 is 4.92 Å². The molecule has 0 bridgehead atoms. The van der Waals surface area contributed by atoms with Gasteiger partial charge in [0, 0.05) is 19.1 Å². The Morgan fingerprint density at radius 1 is 1.67 bits per heavy atom. The van der Waals surface area contributed by atoms with E-state index < -0.39 is 4.92 Å². The molecular formula is C12H18N4O2. The van der Waals surface area contributed by atoms with E-state index in [4.69, 9.17) is 0 Å². The van der Waals surface area contributed by atoms with Crippen molar-refractivity contribution in [3.63, 3.8) is 0 Å². The van der Waals surface area contributed by atoms with Gasteiger partial charge in [-0.15, -0.1) is 0 Å². The van der Waals surface area contributed by atoms with E-state index in [2.05, 4.69) is 22.1 Å². The molecule has 1 aliphatic rings. The fourth-order valence-corrected chi connectivity index (χ4v) is 2.40. The van der Waals surface area contributed by atoms with Crippen LogP contribution in [0.15, 0.2) is 18.3 Å². The van der Waals surface area contributed by atoms with Gasteiger partial charge >= 0.3 is 5.82 Å². The number of anilines is 1. The average Bonchev–Trinajstić information content (AvgIpc) is 2.89. The van der Waals surface area contributed by atoms with Gasteiger partial charge in [-0.1, -0.05) is 6.92 Å². The molecule has 0 aromatic carbocycles. The minimum atomic E-state index is -0.402. The van der Waals surface area contributed by atoms with Gasteiger partial charge in [-0.05, 0) is 41.4 Å². The number of hydrogen-bond donors (Lipinski definition) is 1. The van der Waals surface area contributed by atoms with Gasteiger partial charge in [-0.2, -0.15) is 0 Å². The lowest BCUT2D eigenvalue weighted by atomic mass is 10.2. The average molecular weight is 250 g/mol. The molecule has 1 saturated heterocycles. The first-order valence-electron chi connectivity index (χ1n) is 6.30. The Bertz CT molecular complexity index is 418. The standard InChI is InChI=1S/C12H18N4O2/c1-2-8-15(10-5-7-13-9-10)11-4-3-6-14-12(11)16(17)18/h3-4,6,10,13H,2,5,7-9H2,1H3. The third-order valence-electron chi connectivity index (χ3n) is 3.19. The molecule has 0 radical (unpaired) electrons. The SMILES string of the molecule is CCCN(c1cccnc1[N+](=O)[O-])C1CCNC1. The fourth-order valence-electron chi connectivity index (χ4n) is 2.40. The van der Waals surface area contributed by atoms with Gasteiger partial charge in [0.1, 0.15) is 11.9 Å². The van der Waals surface area contributed by atoms with E-state index in [9.17, 15) is 10.1 Å². The van der Waals surface area contributed by atoms with Crippen molar-refractivity contribution in [2.45, 2.75) is 25.8 Å². The van der Waals surface area contributed by atoms with E-state index in [-0.39, 0.29) is 5.82 Å². The molecule has 1 N–H and O–H groups in total. The smallest absolute Gasteiger partial charge is 0.360 e. The maximum Gasteiger partial charge on any atom is 0.387 e. The van der Waals surface area contributed by atoms with Crippen molar-refractivity contribution in [3.05, 3.63) is 28.4 Å². The Labute approximate surface area is 106 Å². The number of pyridine rings is 1. The lowest BCUT2D eigenvalue weighted by molar-refractivity contribution is -0.388. The Kier molecular flexibility index (Phi) is 4.09. The molecule has 98 valence electrons. The molecule has 2 rings (SSSR count). The van der Waals surface area contributed by atoms with Crippen molar-refractivity contribution in [3.8, 4) is 0 Å². The minimum absolute atomic E-state index is 0.0437. The van der Waals surface area contributed by atoms with Gasteiger partial charge in [0.25, 0.3) is 0 Å². The van der Waals surface area contributed by atoms with E-state index in [1.165, 1.54) is 6.20 Å². The normalized spacial score (nSPS) is 18.8. The first kappa shape index (κ1) is 12.8. The van der Waals surface area contributed by atoms with Crippen molar-refractivity contribution in [1.82, 2.24) is 10.3 Å². The summed E-state index contributed by atoms with van der Waals surface area (Å²) in [6.07, 6.45) is 3.45. The highest BCUT2D eigenvalue weighted by molar-refractivity contribution is 5.59. The van der Waals surface area contributed by atoms with Gasteiger partial charge in [0.2, 0.25) is 0 Å². The molecular weight excluding hydrogens is 232 g/mol. The van der Waals surface area contributed by atoms with Crippen LogP contribution in [-0.2, 0) is 0 Å². The second-order valence-corrected chi connectivity index (χ2v) is 4.44. The number of nitrogens with one attached hydrogen (secondary N) is 1. The van der Waals surface area contributed by atoms with Gasteiger partial charge in [-0.25, -0.2) is 0 Å². The van der Waals surface area contributed by atoms with Crippen LogP contribution >= 0.6 is 0 Å². The van der Waals surface area contributed by atoms with E-state index in [1.807, 2.05) is 0 Å². The van der Waals surface area contributed by atoms with Crippen LogP contribution in [0.5, 0.6) is 0 Å². The second-order valence-electron chi connectivity index (χ2n) is 4.44. The monoisotopic (exact) mass is 250 g/mol. The highest BCUT2D eigenvalue weighted by Crippen LogP contribution is 2.28. The zero-order chi connectivity index (χ0) is 13.0. The molecule has 1 atom stereocenters. The quantitative estimate of drug-likeness (QED) is 0.634. The van der Waals surface area contributed by atoms with Gasteiger partial charge in [0.15, 0.2) is 0 Å². The largest absolute Gasteiger partial charge is 0.387 e. The molecule has 1 aliphatic heterocycles. The fraction of sp³-hybridized carbons (Fsp3) is 0.583. The van der Waals surface area contributed by atoms with Crippen LogP contribution in [-0.4, -0.2) is 35.6 Å². The molecule has 18 heavy (non-hydrogen) atoms. The molecule has 1 aromatic heterocycles. The highest BCUT2D eigenvalue weighted by Gasteiger charge is 2.27. The number of nitrogens with zero attached hydrogens (tertiary/aromatic N) is 3. The van der Waals surface area contributed by atoms with E-state index in [0.717, 1.165) is 32.5 Å². The van der Waals surface area contributed by atoms with Gasteiger partial charge in [-0.3, -0.25) is 0 Å². The summed E-state index contributed by atoms with van der Waals surface area (Å²) in [4.78, 5) is 16.7. The molecule has 0 saturated carbocycles. The Balaban J connectivity index is 2.32. The highest BCUT2D eigenvalue weighted by atomic mass is 16.6. The summed E-state index contributed by atoms with van der Waals surface area (Å²) in [5.74, 6) is -0.0437. The van der Waals surface area contributed by atoms with Gasteiger partial charge < -0.3 is 20.3 Å². The zero-order valence-corrected chi connectivity index (χ0v) is 10.5. The summed E-state index contributed by atoms with van der Waals surface area (Å²) in [6.45, 7) is 4.75. The molecule has 0 amide bonds. The van der Waals surface area contributed by atoms with Crippen LogP contribution < -0.4 is 10.2 Å². The summed E-state index contributed by atoms with van der Waals surface area (Å²) in [5.41, 5.74) is 0.637. The van der Waals surface area contributed by atoms with Crippen LogP contribution in [0.2, 0.25) is 0 Å². The third kappa shape index (κ3) is 2.59. The Hall–Kier alpha value is -1.69. The van der Waals surface area contributed by atoms with E-state index in [0.29, 0.717) is 11.7 Å². The molecule has 0 aliphatic carbocycles. The van der Waals surface area contributed by atoms with Crippen molar-refractivity contribution in [2.75, 3.05) is 24.5 Å². The molecule has 0 spiro atoms. The Morgan fingerprint density at radius 2 is 2.50 bits per heavy atom. The molecule has 6 heteroatoms. The predicted molar refractivity (Wildman–Crippen MR) is 69.8 cm³/mol. The Morgan fingerprint density at radius 3 is 3.11 bits per heavy atom. The summed E-state index contributed by atoms with van der Waals surface area (Å²) < 4.78 is 0. The van der Waals surface area contributed by atoms with Crippen LogP contribution in [0.4, 0.5) is 11.5 Å². The van der Waals surface area contributed by atoms with E-state index >= 15 is 0 Å². The number of rotatable bonds is 5. The lowest BCUT2D eigenvalue weighted by Gasteiger charge is -2.29. The molecule has 1 aromatic rings. The van der Waals surface area contributed by atoms with Gasteiger partial charge in [0.05, 0.1) is 0 Å². The molecule has 1 unspecified atom stereocenters. The first-order valence-corrected chi connectivity index (χ1v) is 6.30. The van der Waals surface area contributed by atoms with Crippen molar-refractivity contribution in [2.24, 2.45) is 0 Å². The summed E-state index contributed by atoms with van der Waals surface area (Å²) >= 11 is 0. The molecule has 6 nitrogen and oxygen atoms in total. The van der Waals surface area contributed by atoms with Crippen LogP contribution in [0.3, 0.4) is 0 Å². The van der Waals surface area contributed by atoms with Crippen molar-refractivity contribution >= 4 is 11.5 Å². The van der Waals surface area contributed by atoms with Crippen LogP contribution in [0, 0.1) is 10.1 Å². The molecule has 2 heterocycles. The number of hydrogen-bond acceptors (Lipinski definition) is 5. The van der Waals surface area contributed by atoms with Crippen LogP contribution in [0.25, 0.3) is 0 Å². The number of nitro groups is 1. The maximum absolute atomic E-state index is 11.0. The predicted octanol–water partition coefficient (Wildman–Crippen LogP) is 1.57. The first-order chi connectivity index (χ1) is 8.74.